The molecule has 0 heterocycles. The van der Waals surface area contributed by atoms with Gasteiger partial charge < -0.3 is 9.84 Å². The minimum atomic E-state index is -0.560. The molecule has 0 radical (unpaired) electrons. The van der Waals surface area contributed by atoms with E-state index in [0.717, 1.165) is 31.3 Å². The first-order valence-corrected chi connectivity index (χ1v) is 6.90. The van der Waals surface area contributed by atoms with Crippen LogP contribution in [0.15, 0.2) is 23.8 Å². The quantitative estimate of drug-likeness (QED) is 0.415. The van der Waals surface area contributed by atoms with Gasteiger partial charge in [0.1, 0.15) is 0 Å². The Morgan fingerprint density at radius 2 is 2.05 bits per heavy atom. The van der Waals surface area contributed by atoms with E-state index in [4.69, 9.17) is 0 Å². The minimum Gasteiger partial charge on any atom is -0.466 e. The van der Waals surface area contributed by atoms with Crippen molar-refractivity contribution in [1.29, 1.82) is 0 Å². The van der Waals surface area contributed by atoms with Crippen molar-refractivity contribution in [2.75, 3.05) is 7.11 Å². The smallest absolute Gasteiger partial charge is 0.330 e. The Kier molecular flexibility index (Phi) is 8.41. The summed E-state index contributed by atoms with van der Waals surface area (Å²) in [6.45, 7) is 7.78. The Balaban J connectivity index is 3.93. The van der Waals surface area contributed by atoms with E-state index < -0.39 is 5.60 Å². The molecule has 0 bridgehead atoms. The van der Waals surface area contributed by atoms with Crippen LogP contribution in [-0.4, -0.2) is 23.8 Å². The van der Waals surface area contributed by atoms with Gasteiger partial charge in [-0.2, -0.15) is 0 Å². The molecule has 0 fully saturated rings. The van der Waals surface area contributed by atoms with Crippen LogP contribution in [0.25, 0.3) is 0 Å². The number of aliphatic hydroxyl groups is 1. The summed E-state index contributed by atoms with van der Waals surface area (Å²) in [5, 5.41) is 9.62. The van der Waals surface area contributed by atoms with E-state index in [1.54, 1.807) is 0 Å². The van der Waals surface area contributed by atoms with Crippen LogP contribution in [-0.2, 0) is 9.53 Å². The summed E-state index contributed by atoms with van der Waals surface area (Å²) in [6, 6.07) is 0. The molecule has 1 N–H and O–H groups in total. The number of rotatable bonds is 8. The van der Waals surface area contributed by atoms with Crippen molar-refractivity contribution in [3.8, 4) is 0 Å². The summed E-state index contributed by atoms with van der Waals surface area (Å²) < 4.78 is 4.56. The number of carbonyl (C=O) groups excluding carboxylic acids is 1. The monoisotopic (exact) mass is 268 g/mol. The van der Waals surface area contributed by atoms with Gasteiger partial charge in [0.25, 0.3) is 0 Å². The predicted molar refractivity (Wildman–Crippen MR) is 78.8 cm³/mol. The molecule has 3 heteroatoms. The molecule has 0 aromatic carbocycles. The van der Waals surface area contributed by atoms with Gasteiger partial charge in [0.2, 0.25) is 0 Å². The first kappa shape index (κ1) is 17.9. The second kappa shape index (κ2) is 8.92. The maximum Gasteiger partial charge on any atom is 0.330 e. The molecule has 0 aliphatic carbocycles. The third-order valence-corrected chi connectivity index (χ3v) is 2.95. The van der Waals surface area contributed by atoms with Gasteiger partial charge in [-0.1, -0.05) is 31.9 Å². The molecular weight excluding hydrogens is 240 g/mol. The summed E-state index contributed by atoms with van der Waals surface area (Å²) in [5.41, 5.74) is 0.339. The van der Waals surface area contributed by atoms with Crippen molar-refractivity contribution in [3.63, 3.8) is 0 Å². The zero-order chi connectivity index (χ0) is 14.9. The Hall–Kier alpha value is -1.09. The van der Waals surface area contributed by atoms with E-state index in [-0.39, 0.29) is 5.97 Å². The second-order valence-electron chi connectivity index (χ2n) is 5.86. The molecule has 1 atom stereocenters. The molecule has 0 aromatic heterocycles. The standard InChI is InChI=1S/C16H28O3/c1-13(10-7-11-16(3,4)18)8-6-9-14(2)12-15(17)19-5/h6,9,12-13,18H,7-8,10-11H2,1-5H3. The molecule has 0 aliphatic rings. The number of hydrogen-bond donors (Lipinski definition) is 1. The van der Waals surface area contributed by atoms with Gasteiger partial charge >= 0.3 is 5.97 Å². The van der Waals surface area contributed by atoms with E-state index in [2.05, 4.69) is 17.7 Å². The molecule has 0 rings (SSSR count). The number of esters is 1. The van der Waals surface area contributed by atoms with Crippen molar-refractivity contribution in [2.45, 2.75) is 59.0 Å². The van der Waals surface area contributed by atoms with Crippen LogP contribution < -0.4 is 0 Å². The Labute approximate surface area is 117 Å². The van der Waals surface area contributed by atoms with Crippen molar-refractivity contribution in [3.05, 3.63) is 23.8 Å². The summed E-state index contributed by atoms with van der Waals surface area (Å²) >= 11 is 0. The lowest BCUT2D eigenvalue weighted by Gasteiger charge is -2.17. The summed E-state index contributed by atoms with van der Waals surface area (Å²) in [4.78, 5) is 11.0. The summed E-state index contributed by atoms with van der Waals surface area (Å²) in [5.74, 6) is 0.268. The normalized spacial score (nSPS) is 14.7. The predicted octanol–water partition coefficient (Wildman–Crippen LogP) is 3.63. The third-order valence-electron chi connectivity index (χ3n) is 2.95. The molecule has 0 aliphatic heterocycles. The van der Waals surface area contributed by atoms with Gasteiger partial charge in [0, 0.05) is 6.08 Å². The highest BCUT2D eigenvalue weighted by molar-refractivity contribution is 5.83. The van der Waals surface area contributed by atoms with Crippen LogP contribution >= 0.6 is 0 Å². The number of carbonyl (C=O) groups is 1. The molecule has 0 saturated heterocycles. The lowest BCUT2D eigenvalue weighted by Crippen LogP contribution is -2.18. The van der Waals surface area contributed by atoms with Crippen LogP contribution in [0, 0.1) is 5.92 Å². The van der Waals surface area contributed by atoms with Gasteiger partial charge in [0.05, 0.1) is 12.7 Å². The third kappa shape index (κ3) is 11.7. The SMILES string of the molecule is COC(=O)C=C(C)C=CCC(C)CCCC(C)(C)O. The van der Waals surface area contributed by atoms with E-state index in [0.29, 0.717) is 5.92 Å². The van der Waals surface area contributed by atoms with Crippen molar-refractivity contribution in [1.82, 2.24) is 0 Å². The fraction of sp³-hybridized carbons (Fsp3) is 0.688. The minimum absolute atomic E-state index is 0.319. The van der Waals surface area contributed by atoms with E-state index in [1.807, 2.05) is 26.8 Å². The lowest BCUT2D eigenvalue weighted by atomic mass is 9.95. The average molecular weight is 268 g/mol. The highest BCUT2D eigenvalue weighted by Crippen LogP contribution is 2.18. The average Bonchev–Trinajstić information content (AvgIpc) is 2.26. The Bertz CT molecular complexity index is 321. The molecule has 3 nitrogen and oxygen atoms in total. The fourth-order valence-corrected chi connectivity index (χ4v) is 1.78. The molecule has 0 spiro atoms. The summed E-state index contributed by atoms with van der Waals surface area (Å²) in [6.07, 6.45) is 9.48. The molecule has 1 unspecified atom stereocenters. The Morgan fingerprint density at radius 1 is 1.42 bits per heavy atom. The van der Waals surface area contributed by atoms with Crippen LogP contribution in [0.4, 0.5) is 0 Å². The summed E-state index contributed by atoms with van der Waals surface area (Å²) in [7, 11) is 1.38. The molecule has 0 aromatic rings. The molecule has 0 saturated carbocycles. The second-order valence-corrected chi connectivity index (χ2v) is 5.86. The zero-order valence-corrected chi connectivity index (χ0v) is 12.9. The zero-order valence-electron chi connectivity index (χ0n) is 12.9. The van der Waals surface area contributed by atoms with Crippen LogP contribution in [0.5, 0.6) is 0 Å². The van der Waals surface area contributed by atoms with Gasteiger partial charge in [-0.3, -0.25) is 0 Å². The lowest BCUT2D eigenvalue weighted by molar-refractivity contribution is -0.134. The fourth-order valence-electron chi connectivity index (χ4n) is 1.78. The van der Waals surface area contributed by atoms with Crippen molar-refractivity contribution < 1.29 is 14.6 Å². The van der Waals surface area contributed by atoms with E-state index in [9.17, 15) is 9.90 Å². The number of methoxy groups -OCH3 is 1. The van der Waals surface area contributed by atoms with Gasteiger partial charge in [-0.05, 0) is 45.1 Å². The highest BCUT2D eigenvalue weighted by atomic mass is 16.5. The first-order chi connectivity index (χ1) is 8.74. The van der Waals surface area contributed by atoms with E-state index >= 15 is 0 Å². The number of hydrogen-bond acceptors (Lipinski definition) is 3. The maximum atomic E-state index is 11.0. The molecule has 110 valence electrons. The van der Waals surface area contributed by atoms with Crippen LogP contribution in [0.3, 0.4) is 0 Å². The molecule has 0 amide bonds. The van der Waals surface area contributed by atoms with Crippen molar-refractivity contribution >= 4 is 5.97 Å². The molecular formula is C16H28O3. The number of ether oxygens (including phenoxy) is 1. The number of allylic oxidation sites excluding steroid dienone is 3. The van der Waals surface area contributed by atoms with Crippen LogP contribution in [0.1, 0.15) is 53.4 Å². The Morgan fingerprint density at radius 3 is 2.58 bits per heavy atom. The van der Waals surface area contributed by atoms with Gasteiger partial charge in [-0.25, -0.2) is 4.79 Å². The van der Waals surface area contributed by atoms with Gasteiger partial charge in [-0.15, -0.1) is 0 Å². The highest BCUT2D eigenvalue weighted by Gasteiger charge is 2.12. The van der Waals surface area contributed by atoms with Gasteiger partial charge in [0.15, 0.2) is 0 Å². The van der Waals surface area contributed by atoms with E-state index in [1.165, 1.54) is 13.2 Å². The van der Waals surface area contributed by atoms with Crippen LogP contribution in [0.2, 0.25) is 0 Å². The largest absolute Gasteiger partial charge is 0.466 e. The first-order valence-electron chi connectivity index (χ1n) is 6.90. The topological polar surface area (TPSA) is 46.5 Å². The maximum absolute atomic E-state index is 11.0. The van der Waals surface area contributed by atoms with Crippen molar-refractivity contribution in [2.24, 2.45) is 5.92 Å². The molecule has 19 heavy (non-hydrogen) atoms.